The lowest BCUT2D eigenvalue weighted by atomic mass is 9.94. The maximum Gasteiger partial charge on any atom is 0.0141 e. The molecule has 0 bridgehead atoms. The Balaban J connectivity index is 1.87. The van der Waals surface area contributed by atoms with Crippen molar-refractivity contribution < 1.29 is 0 Å². The summed E-state index contributed by atoms with van der Waals surface area (Å²) in [5.41, 5.74) is 2.01. The molecule has 1 N–H and O–H groups in total. The van der Waals surface area contributed by atoms with Crippen molar-refractivity contribution in [1.82, 2.24) is 5.32 Å². The Morgan fingerprint density at radius 3 is 2.55 bits per heavy atom. The summed E-state index contributed by atoms with van der Waals surface area (Å²) in [5, 5.41) is 6.48. The molecule has 2 aromatic rings. The number of likely N-dealkylation sites (N-methyl/N-ethyl adjacent to an activating group) is 1. The van der Waals surface area contributed by atoms with Crippen molar-refractivity contribution in [3.05, 3.63) is 48.0 Å². The third kappa shape index (κ3) is 2.60. The molecule has 3 rings (SSSR count). The lowest BCUT2D eigenvalue weighted by Crippen LogP contribution is -2.34. The molecule has 0 amide bonds. The van der Waals surface area contributed by atoms with Crippen LogP contribution in [0.15, 0.2) is 42.5 Å². The van der Waals surface area contributed by atoms with Crippen LogP contribution in [0.5, 0.6) is 0 Å². The second-order valence-corrected chi connectivity index (χ2v) is 6.81. The van der Waals surface area contributed by atoms with Crippen LogP contribution in [0.2, 0.25) is 0 Å². The van der Waals surface area contributed by atoms with Gasteiger partial charge in [0.15, 0.2) is 0 Å². The van der Waals surface area contributed by atoms with Gasteiger partial charge in [0.25, 0.3) is 0 Å². The van der Waals surface area contributed by atoms with Gasteiger partial charge in [0.2, 0.25) is 0 Å². The van der Waals surface area contributed by atoms with Crippen LogP contribution in [0.1, 0.15) is 32.8 Å². The third-order valence-electron chi connectivity index (χ3n) is 4.86. The molecule has 1 heteroatoms. The Morgan fingerprint density at radius 1 is 1.15 bits per heavy atom. The summed E-state index contributed by atoms with van der Waals surface area (Å²) in [4.78, 5) is 0. The van der Waals surface area contributed by atoms with Crippen molar-refractivity contribution >= 4 is 10.8 Å². The number of nitrogens with one attached hydrogen (secondary N) is 1. The van der Waals surface area contributed by atoms with Crippen LogP contribution in [0.3, 0.4) is 0 Å². The van der Waals surface area contributed by atoms with Crippen LogP contribution in [-0.4, -0.2) is 12.6 Å². The Kier molecular flexibility index (Phi) is 3.55. The highest BCUT2D eigenvalue weighted by Crippen LogP contribution is 2.54. The van der Waals surface area contributed by atoms with E-state index in [-0.39, 0.29) is 0 Å². The standard InChI is InChI=1S/C19H25N/c1-4-20-18(17-13-19(17,2)3)12-15-10-7-9-14-8-5-6-11-16(14)15/h5-11,17-18,20H,4,12-13H2,1-3H3. The zero-order valence-corrected chi connectivity index (χ0v) is 12.8. The van der Waals surface area contributed by atoms with Gasteiger partial charge in [-0.3, -0.25) is 0 Å². The fourth-order valence-corrected chi connectivity index (χ4v) is 3.52. The van der Waals surface area contributed by atoms with Gasteiger partial charge in [0.05, 0.1) is 0 Å². The first-order valence-corrected chi connectivity index (χ1v) is 7.82. The van der Waals surface area contributed by atoms with Crippen LogP contribution in [-0.2, 0) is 6.42 Å². The van der Waals surface area contributed by atoms with E-state index in [1.54, 1.807) is 0 Å². The Hall–Kier alpha value is -1.34. The predicted octanol–water partition coefficient (Wildman–Crippen LogP) is 4.41. The Bertz CT molecular complexity index is 594. The van der Waals surface area contributed by atoms with Crippen LogP contribution < -0.4 is 5.32 Å². The Labute approximate surface area is 122 Å². The molecule has 106 valence electrons. The van der Waals surface area contributed by atoms with E-state index in [0.717, 1.165) is 18.9 Å². The second kappa shape index (κ2) is 5.21. The van der Waals surface area contributed by atoms with E-state index in [4.69, 9.17) is 0 Å². The first-order valence-electron chi connectivity index (χ1n) is 7.82. The molecule has 1 fully saturated rings. The van der Waals surface area contributed by atoms with Gasteiger partial charge in [-0.25, -0.2) is 0 Å². The highest BCUT2D eigenvalue weighted by atomic mass is 14.9. The van der Waals surface area contributed by atoms with Crippen molar-refractivity contribution in [2.75, 3.05) is 6.54 Å². The fourth-order valence-electron chi connectivity index (χ4n) is 3.52. The second-order valence-electron chi connectivity index (χ2n) is 6.81. The van der Waals surface area contributed by atoms with E-state index in [0.29, 0.717) is 11.5 Å². The molecule has 0 spiro atoms. The minimum absolute atomic E-state index is 0.525. The van der Waals surface area contributed by atoms with E-state index < -0.39 is 0 Å². The SMILES string of the molecule is CCNC(Cc1cccc2ccccc12)C1CC1(C)C. The van der Waals surface area contributed by atoms with Gasteiger partial charge < -0.3 is 5.32 Å². The lowest BCUT2D eigenvalue weighted by Gasteiger charge is -2.20. The van der Waals surface area contributed by atoms with Crippen molar-refractivity contribution in [3.8, 4) is 0 Å². The van der Waals surface area contributed by atoms with Gasteiger partial charge >= 0.3 is 0 Å². The first kappa shape index (κ1) is 13.6. The van der Waals surface area contributed by atoms with E-state index >= 15 is 0 Å². The quantitative estimate of drug-likeness (QED) is 0.846. The molecule has 2 aromatic carbocycles. The summed E-state index contributed by atoms with van der Waals surface area (Å²) < 4.78 is 0. The summed E-state index contributed by atoms with van der Waals surface area (Å²) in [6.07, 6.45) is 2.50. The summed E-state index contributed by atoms with van der Waals surface area (Å²) in [6, 6.07) is 16.0. The van der Waals surface area contributed by atoms with Crippen LogP contribution >= 0.6 is 0 Å². The topological polar surface area (TPSA) is 12.0 Å². The lowest BCUT2D eigenvalue weighted by molar-refractivity contribution is 0.410. The van der Waals surface area contributed by atoms with Crippen molar-refractivity contribution in [2.45, 2.75) is 39.7 Å². The van der Waals surface area contributed by atoms with Crippen molar-refractivity contribution in [1.29, 1.82) is 0 Å². The van der Waals surface area contributed by atoms with Gasteiger partial charge in [0.1, 0.15) is 0 Å². The maximum atomic E-state index is 3.71. The van der Waals surface area contributed by atoms with Crippen molar-refractivity contribution in [2.24, 2.45) is 11.3 Å². The minimum Gasteiger partial charge on any atom is -0.314 e. The number of hydrogen-bond donors (Lipinski definition) is 1. The van der Waals surface area contributed by atoms with E-state index in [1.807, 2.05) is 0 Å². The van der Waals surface area contributed by atoms with Gasteiger partial charge in [-0.05, 0) is 47.1 Å². The van der Waals surface area contributed by atoms with E-state index in [1.165, 1.54) is 22.8 Å². The summed E-state index contributed by atoms with van der Waals surface area (Å²) in [5.74, 6) is 0.821. The Morgan fingerprint density at radius 2 is 1.85 bits per heavy atom. The van der Waals surface area contributed by atoms with Crippen molar-refractivity contribution in [3.63, 3.8) is 0 Å². The minimum atomic E-state index is 0.525. The highest BCUT2D eigenvalue weighted by Gasteiger charge is 2.49. The van der Waals surface area contributed by atoms with Gasteiger partial charge in [-0.15, -0.1) is 0 Å². The first-order chi connectivity index (χ1) is 9.62. The summed E-state index contributed by atoms with van der Waals surface area (Å²) >= 11 is 0. The van der Waals surface area contributed by atoms with Gasteiger partial charge in [-0.2, -0.15) is 0 Å². The number of rotatable bonds is 5. The number of benzene rings is 2. The molecule has 0 aromatic heterocycles. The maximum absolute atomic E-state index is 3.71. The van der Waals surface area contributed by atoms with Gasteiger partial charge in [-0.1, -0.05) is 63.2 Å². The largest absolute Gasteiger partial charge is 0.314 e. The molecule has 20 heavy (non-hydrogen) atoms. The molecule has 2 unspecified atom stereocenters. The normalized spacial score (nSPS) is 21.9. The molecule has 0 heterocycles. The molecule has 1 aliphatic carbocycles. The number of hydrogen-bond acceptors (Lipinski definition) is 1. The average molecular weight is 267 g/mol. The molecular weight excluding hydrogens is 242 g/mol. The molecule has 0 radical (unpaired) electrons. The smallest absolute Gasteiger partial charge is 0.0141 e. The molecule has 1 nitrogen and oxygen atoms in total. The molecule has 1 saturated carbocycles. The molecule has 0 saturated heterocycles. The third-order valence-corrected chi connectivity index (χ3v) is 4.86. The summed E-state index contributed by atoms with van der Waals surface area (Å²) in [6.45, 7) is 8.06. The fraction of sp³-hybridized carbons (Fsp3) is 0.474. The average Bonchev–Trinajstić information content (AvgIpc) is 3.07. The zero-order valence-electron chi connectivity index (χ0n) is 12.8. The zero-order chi connectivity index (χ0) is 14.2. The molecule has 0 aliphatic heterocycles. The molecular formula is C19H25N. The van der Waals surface area contributed by atoms with Gasteiger partial charge in [0, 0.05) is 6.04 Å². The monoisotopic (exact) mass is 267 g/mol. The molecule has 2 atom stereocenters. The van der Waals surface area contributed by atoms with Crippen LogP contribution in [0.25, 0.3) is 10.8 Å². The molecule has 1 aliphatic rings. The highest BCUT2D eigenvalue weighted by molar-refractivity contribution is 5.85. The summed E-state index contributed by atoms with van der Waals surface area (Å²) in [7, 11) is 0. The number of fused-ring (bicyclic) bond motifs is 1. The van der Waals surface area contributed by atoms with E-state index in [2.05, 4.69) is 68.6 Å². The van der Waals surface area contributed by atoms with Crippen LogP contribution in [0, 0.1) is 11.3 Å². The van der Waals surface area contributed by atoms with Crippen LogP contribution in [0.4, 0.5) is 0 Å². The predicted molar refractivity (Wildman–Crippen MR) is 87.0 cm³/mol. The van der Waals surface area contributed by atoms with E-state index in [9.17, 15) is 0 Å².